The van der Waals surface area contributed by atoms with Crippen LogP contribution in [0.25, 0.3) is 0 Å². The van der Waals surface area contributed by atoms with Crippen LogP contribution < -0.4 is 10.5 Å². The van der Waals surface area contributed by atoms with Crippen LogP contribution in [0.15, 0.2) is 18.3 Å². The molecule has 0 bridgehead atoms. The average molecular weight is 257 g/mol. The molecular weight excluding hydrogens is 245 g/mol. The van der Waals surface area contributed by atoms with E-state index in [0.717, 1.165) is 0 Å². The van der Waals surface area contributed by atoms with Gasteiger partial charge in [-0.2, -0.15) is 13.2 Å². The predicted molar refractivity (Wildman–Crippen MR) is 55.6 cm³/mol. The molecular formula is C9H12ClF3N2O. The highest BCUT2D eigenvalue weighted by Crippen LogP contribution is 2.19. The van der Waals surface area contributed by atoms with Gasteiger partial charge in [-0.05, 0) is 18.6 Å². The second-order valence-electron chi connectivity index (χ2n) is 3.12. The zero-order valence-electron chi connectivity index (χ0n) is 8.49. The highest BCUT2D eigenvalue weighted by molar-refractivity contribution is 5.85. The Morgan fingerprint density at radius 3 is 2.62 bits per heavy atom. The number of rotatable bonds is 3. The lowest BCUT2D eigenvalue weighted by Crippen LogP contribution is -2.19. The van der Waals surface area contributed by atoms with Crippen LogP contribution in [0.2, 0.25) is 0 Å². The lowest BCUT2D eigenvalue weighted by molar-refractivity contribution is -0.154. The molecule has 0 saturated carbocycles. The van der Waals surface area contributed by atoms with E-state index >= 15 is 0 Å². The van der Waals surface area contributed by atoms with Crippen molar-refractivity contribution in [1.29, 1.82) is 0 Å². The average Bonchev–Trinajstić information content (AvgIpc) is 2.14. The summed E-state index contributed by atoms with van der Waals surface area (Å²) in [4.78, 5) is 3.65. The quantitative estimate of drug-likeness (QED) is 0.904. The molecule has 7 heteroatoms. The molecule has 0 radical (unpaired) electrons. The number of nitrogens with two attached hydrogens (primary N) is 1. The lowest BCUT2D eigenvalue weighted by Gasteiger charge is -2.10. The Labute approximate surface area is 97.2 Å². The molecule has 0 aliphatic carbocycles. The normalized spacial score (nSPS) is 12.8. The number of ether oxygens (including phenoxy) is 1. The lowest BCUT2D eigenvalue weighted by atomic mass is 10.1. The Morgan fingerprint density at radius 1 is 1.50 bits per heavy atom. The molecule has 1 rings (SSSR count). The fraction of sp³-hybridized carbons (Fsp3) is 0.444. The van der Waals surface area contributed by atoms with E-state index in [4.69, 9.17) is 5.73 Å². The Balaban J connectivity index is 0.00000225. The molecule has 92 valence electrons. The number of hydrogen-bond acceptors (Lipinski definition) is 3. The van der Waals surface area contributed by atoms with Crippen LogP contribution in [0.4, 0.5) is 13.2 Å². The SMILES string of the molecule is C[C@H](N)c1ccnc(OCC(F)(F)F)c1.Cl. The number of aromatic nitrogens is 1. The molecule has 1 aromatic rings. The standard InChI is InChI=1S/C9H11F3N2O.ClH/c1-6(13)7-2-3-14-8(4-7)15-5-9(10,11)12;/h2-4,6H,5,13H2,1H3;1H/t6-;/m0./s1. The van der Waals surface area contributed by atoms with Gasteiger partial charge in [0, 0.05) is 18.3 Å². The molecule has 0 aromatic carbocycles. The fourth-order valence-corrected chi connectivity index (χ4v) is 0.943. The summed E-state index contributed by atoms with van der Waals surface area (Å²) in [5.74, 6) is -0.0675. The van der Waals surface area contributed by atoms with Crippen LogP contribution in [0.1, 0.15) is 18.5 Å². The van der Waals surface area contributed by atoms with E-state index in [1.165, 1.54) is 12.3 Å². The maximum atomic E-state index is 11.8. The van der Waals surface area contributed by atoms with Crippen molar-refractivity contribution in [2.75, 3.05) is 6.61 Å². The molecule has 0 spiro atoms. The smallest absolute Gasteiger partial charge is 0.422 e. The molecule has 0 fully saturated rings. The number of alkyl halides is 3. The van der Waals surface area contributed by atoms with Gasteiger partial charge in [0.2, 0.25) is 5.88 Å². The van der Waals surface area contributed by atoms with Crippen LogP contribution in [-0.4, -0.2) is 17.8 Å². The van der Waals surface area contributed by atoms with Crippen LogP contribution in [0.3, 0.4) is 0 Å². The Bertz CT molecular complexity index is 331. The first-order chi connectivity index (χ1) is 6.88. The van der Waals surface area contributed by atoms with Crippen molar-refractivity contribution in [3.63, 3.8) is 0 Å². The second-order valence-corrected chi connectivity index (χ2v) is 3.12. The van der Waals surface area contributed by atoms with Crippen LogP contribution in [0.5, 0.6) is 5.88 Å². The Kier molecular flexibility index (Phi) is 5.53. The van der Waals surface area contributed by atoms with Crippen molar-refractivity contribution in [2.45, 2.75) is 19.1 Å². The van der Waals surface area contributed by atoms with Crippen molar-refractivity contribution >= 4 is 12.4 Å². The molecule has 1 atom stereocenters. The summed E-state index contributed by atoms with van der Waals surface area (Å²) >= 11 is 0. The van der Waals surface area contributed by atoms with Crippen LogP contribution in [0, 0.1) is 0 Å². The summed E-state index contributed by atoms with van der Waals surface area (Å²) < 4.78 is 39.9. The van der Waals surface area contributed by atoms with E-state index in [2.05, 4.69) is 9.72 Å². The van der Waals surface area contributed by atoms with Crippen molar-refractivity contribution in [2.24, 2.45) is 5.73 Å². The Morgan fingerprint density at radius 2 is 2.12 bits per heavy atom. The van der Waals surface area contributed by atoms with E-state index in [1.54, 1.807) is 13.0 Å². The molecule has 0 amide bonds. The summed E-state index contributed by atoms with van der Waals surface area (Å²) in [5.41, 5.74) is 6.24. The van der Waals surface area contributed by atoms with Gasteiger partial charge >= 0.3 is 6.18 Å². The van der Waals surface area contributed by atoms with E-state index in [-0.39, 0.29) is 24.3 Å². The predicted octanol–water partition coefficient (Wildman–Crippen LogP) is 2.46. The molecule has 16 heavy (non-hydrogen) atoms. The summed E-state index contributed by atoms with van der Waals surface area (Å²) in [5, 5.41) is 0. The largest absolute Gasteiger partial charge is 0.468 e. The zero-order valence-corrected chi connectivity index (χ0v) is 9.31. The van der Waals surface area contributed by atoms with Crippen molar-refractivity contribution < 1.29 is 17.9 Å². The zero-order chi connectivity index (χ0) is 11.5. The molecule has 1 heterocycles. The summed E-state index contributed by atoms with van der Waals surface area (Å²) in [6.45, 7) is 0.380. The van der Waals surface area contributed by atoms with Gasteiger partial charge in [0.1, 0.15) is 0 Å². The molecule has 0 aliphatic rings. The minimum atomic E-state index is -4.36. The van der Waals surface area contributed by atoms with E-state index in [1.807, 2.05) is 0 Å². The van der Waals surface area contributed by atoms with E-state index in [0.29, 0.717) is 5.56 Å². The maximum Gasteiger partial charge on any atom is 0.422 e. The fourth-order valence-electron chi connectivity index (χ4n) is 0.943. The molecule has 0 unspecified atom stereocenters. The third-order valence-corrected chi connectivity index (χ3v) is 1.67. The topological polar surface area (TPSA) is 48.1 Å². The molecule has 0 aliphatic heterocycles. The highest BCUT2D eigenvalue weighted by atomic mass is 35.5. The number of nitrogens with zero attached hydrogens (tertiary/aromatic N) is 1. The van der Waals surface area contributed by atoms with Crippen molar-refractivity contribution in [3.05, 3.63) is 23.9 Å². The number of halogens is 4. The minimum Gasteiger partial charge on any atom is -0.468 e. The summed E-state index contributed by atoms with van der Waals surface area (Å²) in [7, 11) is 0. The number of pyridine rings is 1. The van der Waals surface area contributed by atoms with Crippen LogP contribution >= 0.6 is 12.4 Å². The van der Waals surface area contributed by atoms with Gasteiger partial charge in [0.25, 0.3) is 0 Å². The molecule has 3 nitrogen and oxygen atoms in total. The summed E-state index contributed by atoms with van der Waals surface area (Å²) in [6, 6.07) is 2.77. The number of hydrogen-bond donors (Lipinski definition) is 1. The van der Waals surface area contributed by atoms with Gasteiger partial charge in [-0.25, -0.2) is 4.98 Å². The molecule has 2 N–H and O–H groups in total. The molecule has 0 saturated heterocycles. The van der Waals surface area contributed by atoms with Gasteiger partial charge in [-0.3, -0.25) is 0 Å². The molecule has 1 aromatic heterocycles. The van der Waals surface area contributed by atoms with Crippen LogP contribution in [-0.2, 0) is 0 Å². The van der Waals surface area contributed by atoms with Gasteiger partial charge in [-0.15, -0.1) is 12.4 Å². The van der Waals surface area contributed by atoms with E-state index in [9.17, 15) is 13.2 Å². The first-order valence-electron chi connectivity index (χ1n) is 4.29. The monoisotopic (exact) mass is 256 g/mol. The summed E-state index contributed by atoms with van der Waals surface area (Å²) in [6.07, 6.45) is -2.99. The minimum absolute atomic E-state index is 0. The van der Waals surface area contributed by atoms with E-state index < -0.39 is 12.8 Å². The van der Waals surface area contributed by atoms with Gasteiger partial charge in [0.05, 0.1) is 0 Å². The van der Waals surface area contributed by atoms with Gasteiger partial charge in [-0.1, -0.05) is 0 Å². The van der Waals surface area contributed by atoms with Crippen molar-refractivity contribution in [3.8, 4) is 5.88 Å². The first-order valence-corrected chi connectivity index (χ1v) is 4.29. The van der Waals surface area contributed by atoms with Gasteiger partial charge < -0.3 is 10.5 Å². The van der Waals surface area contributed by atoms with Gasteiger partial charge in [0.15, 0.2) is 6.61 Å². The Hall–Kier alpha value is -1.01. The highest BCUT2D eigenvalue weighted by Gasteiger charge is 2.28. The third-order valence-electron chi connectivity index (χ3n) is 1.67. The second kappa shape index (κ2) is 5.91. The third kappa shape index (κ3) is 5.18. The maximum absolute atomic E-state index is 11.8. The first kappa shape index (κ1) is 15.0. The van der Waals surface area contributed by atoms with Crippen molar-refractivity contribution in [1.82, 2.24) is 4.98 Å².